The van der Waals surface area contributed by atoms with Crippen LogP contribution in [0.2, 0.25) is 0 Å². The number of carbonyl (C=O) groups is 2. The highest BCUT2D eigenvalue weighted by molar-refractivity contribution is 7.89. The average molecular weight is 355 g/mol. The molecule has 8 heteroatoms. The summed E-state index contributed by atoms with van der Waals surface area (Å²) in [4.78, 5) is 23.8. The maximum Gasteiger partial charge on any atom is 0.251 e. The molecule has 0 saturated carbocycles. The van der Waals surface area contributed by atoms with Crippen molar-refractivity contribution >= 4 is 21.8 Å². The van der Waals surface area contributed by atoms with Crippen molar-refractivity contribution in [1.82, 2.24) is 15.4 Å². The predicted octanol–water partition coefficient (Wildman–Crippen LogP) is 1.02. The molecule has 0 bridgehead atoms. The standard InChI is InChI=1S/C16H25N3O4S/c1-4-12(3)19-15(20)9-10-17-16(21)13-7-6-8-14(11-13)24(22,23)18-5-2/h6-8,11-12,18H,4-5,9-10H2,1-3H3,(H,17,21)(H,19,20). The van der Waals surface area contributed by atoms with Crippen LogP contribution in [0.4, 0.5) is 0 Å². The number of sulfonamides is 1. The minimum Gasteiger partial charge on any atom is -0.354 e. The number of carbonyl (C=O) groups excluding carboxylic acids is 2. The van der Waals surface area contributed by atoms with E-state index in [1.807, 2.05) is 13.8 Å². The average Bonchev–Trinajstić information content (AvgIpc) is 2.54. The Morgan fingerprint density at radius 1 is 1.21 bits per heavy atom. The van der Waals surface area contributed by atoms with Gasteiger partial charge in [-0.2, -0.15) is 0 Å². The molecule has 1 aromatic rings. The van der Waals surface area contributed by atoms with E-state index in [4.69, 9.17) is 0 Å². The van der Waals surface area contributed by atoms with E-state index in [1.165, 1.54) is 24.3 Å². The zero-order valence-corrected chi connectivity index (χ0v) is 15.1. The summed E-state index contributed by atoms with van der Waals surface area (Å²) in [6.45, 7) is 6.02. The van der Waals surface area contributed by atoms with Crippen LogP contribution in [0.1, 0.15) is 44.0 Å². The summed E-state index contributed by atoms with van der Waals surface area (Å²) >= 11 is 0. The summed E-state index contributed by atoms with van der Waals surface area (Å²) in [6, 6.07) is 5.87. The van der Waals surface area contributed by atoms with Crippen molar-refractivity contribution in [2.45, 2.75) is 44.6 Å². The SMILES string of the molecule is CCNS(=O)(=O)c1cccc(C(=O)NCCC(=O)NC(C)CC)c1. The van der Waals surface area contributed by atoms with Gasteiger partial charge in [0.1, 0.15) is 0 Å². The third-order valence-electron chi connectivity index (χ3n) is 3.40. The monoisotopic (exact) mass is 355 g/mol. The lowest BCUT2D eigenvalue weighted by atomic mass is 10.2. The van der Waals surface area contributed by atoms with Gasteiger partial charge in [0.25, 0.3) is 5.91 Å². The largest absolute Gasteiger partial charge is 0.354 e. The topological polar surface area (TPSA) is 104 Å². The van der Waals surface area contributed by atoms with Gasteiger partial charge >= 0.3 is 0 Å². The zero-order valence-electron chi connectivity index (χ0n) is 14.3. The maximum absolute atomic E-state index is 12.1. The van der Waals surface area contributed by atoms with Crippen LogP contribution in [0, 0.1) is 0 Å². The molecule has 0 aliphatic rings. The molecule has 3 N–H and O–H groups in total. The van der Waals surface area contributed by atoms with Gasteiger partial charge in [0.15, 0.2) is 0 Å². The van der Waals surface area contributed by atoms with Gasteiger partial charge in [-0.15, -0.1) is 0 Å². The number of hydrogen-bond donors (Lipinski definition) is 3. The van der Waals surface area contributed by atoms with Gasteiger partial charge in [0.2, 0.25) is 15.9 Å². The molecule has 0 radical (unpaired) electrons. The Hall–Kier alpha value is -1.93. The van der Waals surface area contributed by atoms with Gasteiger partial charge in [0, 0.05) is 31.1 Å². The van der Waals surface area contributed by atoms with Crippen molar-refractivity contribution in [2.24, 2.45) is 0 Å². The Balaban J connectivity index is 2.62. The van der Waals surface area contributed by atoms with E-state index >= 15 is 0 Å². The van der Waals surface area contributed by atoms with Crippen molar-refractivity contribution in [3.63, 3.8) is 0 Å². The molecule has 0 fully saturated rings. The fourth-order valence-corrected chi connectivity index (χ4v) is 3.01. The predicted molar refractivity (Wildman–Crippen MR) is 92.2 cm³/mol. The highest BCUT2D eigenvalue weighted by Gasteiger charge is 2.15. The lowest BCUT2D eigenvalue weighted by Crippen LogP contribution is -2.35. The van der Waals surface area contributed by atoms with Crippen molar-refractivity contribution in [2.75, 3.05) is 13.1 Å². The summed E-state index contributed by atoms with van der Waals surface area (Å²) in [6.07, 6.45) is 1.01. The van der Waals surface area contributed by atoms with E-state index in [1.54, 1.807) is 6.92 Å². The second kappa shape index (κ2) is 9.39. The van der Waals surface area contributed by atoms with Crippen LogP contribution in [0.15, 0.2) is 29.2 Å². The van der Waals surface area contributed by atoms with Gasteiger partial charge in [0.05, 0.1) is 4.90 Å². The van der Waals surface area contributed by atoms with Crippen LogP contribution >= 0.6 is 0 Å². The number of hydrogen-bond acceptors (Lipinski definition) is 4. The van der Waals surface area contributed by atoms with E-state index in [-0.39, 0.29) is 41.9 Å². The molecule has 1 rings (SSSR count). The fourth-order valence-electron chi connectivity index (χ4n) is 1.92. The van der Waals surface area contributed by atoms with E-state index in [9.17, 15) is 18.0 Å². The molecule has 1 unspecified atom stereocenters. The molecule has 0 aromatic heterocycles. The van der Waals surface area contributed by atoms with Gasteiger partial charge in [-0.1, -0.05) is 19.9 Å². The summed E-state index contributed by atoms with van der Waals surface area (Å²) in [5.74, 6) is -0.548. The summed E-state index contributed by atoms with van der Waals surface area (Å²) in [5.41, 5.74) is 0.233. The molecule has 0 aliphatic heterocycles. The molecule has 24 heavy (non-hydrogen) atoms. The number of benzene rings is 1. The van der Waals surface area contributed by atoms with E-state index in [2.05, 4.69) is 15.4 Å². The Morgan fingerprint density at radius 3 is 2.54 bits per heavy atom. The van der Waals surface area contributed by atoms with Crippen molar-refractivity contribution in [3.05, 3.63) is 29.8 Å². The van der Waals surface area contributed by atoms with E-state index < -0.39 is 15.9 Å². The van der Waals surface area contributed by atoms with Crippen LogP contribution < -0.4 is 15.4 Å². The molecule has 1 aromatic carbocycles. The van der Waals surface area contributed by atoms with Crippen LogP contribution in [0.3, 0.4) is 0 Å². The highest BCUT2D eigenvalue weighted by Crippen LogP contribution is 2.11. The lowest BCUT2D eigenvalue weighted by Gasteiger charge is -2.11. The van der Waals surface area contributed by atoms with Gasteiger partial charge < -0.3 is 10.6 Å². The third-order valence-corrected chi connectivity index (χ3v) is 4.94. The first-order chi connectivity index (χ1) is 11.3. The molecular formula is C16H25N3O4S. The Kier molecular flexibility index (Phi) is 7.87. The van der Waals surface area contributed by atoms with Crippen LogP contribution in [-0.2, 0) is 14.8 Å². The number of rotatable bonds is 9. The molecule has 0 saturated heterocycles. The van der Waals surface area contributed by atoms with Crippen molar-refractivity contribution < 1.29 is 18.0 Å². The summed E-state index contributed by atoms with van der Waals surface area (Å²) in [7, 11) is -3.61. The van der Waals surface area contributed by atoms with E-state index in [0.29, 0.717) is 0 Å². The molecule has 7 nitrogen and oxygen atoms in total. The Labute approximate surface area is 143 Å². The first kappa shape index (κ1) is 20.1. The maximum atomic E-state index is 12.1. The summed E-state index contributed by atoms with van der Waals surface area (Å²) < 4.78 is 26.3. The second-order valence-electron chi connectivity index (χ2n) is 5.41. The van der Waals surface area contributed by atoms with Crippen LogP contribution in [0.5, 0.6) is 0 Å². The molecule has 2 amide bonds. The Bertz CT molecular complexity index is 674. The number of amides is 2. The molecule has 0 aliphatic carbocycles. The molecular weight excluding hydrogens is 330 g/mol. The normalized spacial score (nSPS) is 12.5. The molecule has 134 valence electrons. The van der Waals surface area contributed by atoms with E-state index in [0.717, 1.165) is 6.42 Å². The highest BCUT2D eigenvalue weighted by atomic mass is 32.2. The number of nitrogens with one attached hydrogen (secondary N) is 3. The quantitative estimate of drug-likeness (QED) is 0.615. The molecule has 0 heterocycles. The van der Waals surface area contributed by atoms with Crippen LogP contribution in [-0.4, -0.2) is 39.4 Å². The smallest absolute Gasteiger partial charge is 0.251 e. The zero-order chi connectivity index (χ0) is 18.2. The first-order valence-corrected chi connectivity index (χ1v) is 9.45. The molecule has 1 atom stereocenters. The molecule has 0 spiro atoms. The third kappa shape index (κ3) is 6.29. The van der Waals surface area contributed by atoms with Crippen LogP contribution in [0.25, 0.3) is 0 Å². The second-order valence-corrected chi connectivity index (χ2v) is 7.18. The van der Waals surface area contributed by atoms with Gasteiger partial charge in [-0.05, 0) is 31.5 Å². The van der Waals surface area contributed by atoms with Gasteiger partial charge in [-0.3, -0.25) is 9.59 Å². The van der Waals surface area contributed by atoms with Gasteiger partial charge in [-0.25, -0.2) is 13.1 Å². The fraction of sp³-hybridized carbons (Fsp3) is 0.500. The Morgan fingerprint density at radius 2 is 1.92 bits per heavy atom. The summed E-state index contributed by atoms with van der Waals surface area (Å²) in [5, 5.41) is 5.43. The minimum atomic E-state index is -3.61. The van der Waals surface area contributed by atoms with Crippen molar-refractivity contribution in [3.8, 4) is 0 Å². The first-order valence-electron chi connectivity index (χ1n) is 7.97. The minimum absolute atomic E-state index is 0.0338. The lowest BCUT2D eigenvalue weighted by molar-refractivity contribution is -0.121. The van der Waals surface area contributed by atoms with Crippen molar-refractivity contribution in [1.29, 1.82) is 0 Å².